The van der Waals surface area contributed by atoms with E-state index in [-0.39, 0.29) is 17.7 Å². The minimum Gasteiger partial charge on any atom is -0.372 e. The number of thiophene rings is 1. The van der Waals surface area contributed by atoms with E-state index in [0.29, 0.717) is 5.95 Å². The highest BCUT2D eigenvalue weighted by Gasteiger charge is 2.22. The predicted molar refractivity (Wildman–Crippen MR) is 124 cm³/mol. The zero-order valence-electron chi connectivity index (χ0n) is 17.7. The Balaban J connectivity index is 1.65. The summed E-state index contributed by atoms with van der Waals surface area (Å²) < 4.78 is 4.01. The van der Waals surface area contributed by atoms with E-state index in [1.54, 1.807) is 41.9 Å². The lowest BCUT2D eigenvalue weighted by molar-refractivity contribution is 0.184. The molecule has 0 aliphatic carbocycles. The van der Waals surface area contributed by atoms with Crippen molar-refractivity contribution in [3.8, 4) is 11.1 Å². The van der Waals surface area contributed by atoms with Crippen molar-refractivity contribution in [2.75, 3.05) is 24.3 Å². The van der Waals surface area contributed by atoms with Crippen LogP contribution in [0.4, 0.5) is 11.6 Å². The fraction of sp³-hybridized carbons (Fsp3) is 0.286. The largest absolute Gasteiger partial charge is 0.372 e. The summed E-state index contributed by atoms with van der Waals surface area (Å²) in [6.07, 6.45) is -0.981. The molecule has 10 heteroatoms. The summed E-state index contributed by atoms with van der Waals surface area (Å²) in [4.78, 5) is 31.3. The van der Waals surface area contributed by atoms with Gasteiger partial charge < -0.3 is 15.3 Å². The number of nitrogens with zero attached hydrogens (tertiary/aromatic N) is 5. The topological polar surface area (TPSA) is 97.3 Å². The smallest absolute Gasteiger partial charge is 0.332 e. The Morgan fingerprint density at radius 1 is 1.10 bits per heavy atom. The molecule has 0 aliphatic heterocycles. The average Bonchev–Trinajstić information content (AvgIpc) is 3.40. The van der Waals surface area contributed by atoms with Gasteiger partial charge in [-0.2, -0.15) is 16.3 Å². The van der Waals surface area contributed by atoms with Crippen LogP contribution in [0.3, 0.4) is 0 Å². The summed E-state index contributed by atoms with van der Waals surface area (Å²) in [6, 6.07) is 9.83. The minimum atomic E-state index is -0.981. The Morgan fingerprint density at radius 2 is 1.81 bits per heavy atom. The maximum absolute atomic E-state index is 12.8. The number of aromatic nitrogens is 4. The van der Waals surface area contributed by atoms with E-state index in [1.807, 2.05) is 29.6 Å². The first-order valence-corrected chi connectivity index (χ1v) is 10.6. The van der Waals surface area contributed by atoms with Gasteiger partial charge in [-0.25, -0.2) is 4.79 Å². The number of hydrogen-bond donors (Lipinski definition) is 2. The maximum atomic E-state index is 12.8. The van der Waals surface area contributed by atoms with Crippen LogP contribution in [0.25, 0.3) is 22.3 Å². The molecule has 162 valence electrons. The van der Waals surface area contributed by atoms with Gasteiger partial charge in [0.2, 0.25) is 5.95 Å². The highest BCUT2D eigenvalue weighted by molar-refractivity contribution is 7.08. The summed E-state index contributed by atoms with van der Waals surface area (Å²) in [6.45, 7) is 0.0732. The first kappa shape index (κ1) is 20.9. The lowest BCUT2D eigenvalue weighted by atomic mass is 10.1. The monoisotopic (exact) mass is 440 g/mol. The van der Waals surface area contributed by atoms with Crippen molar-refractivity contribution >= 4 is 34.1 Å². The average molecular weight is 441 g/mol. The van der Waals surface area contributed by atoms with Gasteiger partial charge in [-0.15, -0.1) is 0 Å². The molecule has 1 unspecified atom stereocenters. The Hall–Kier alpha value is -3.37. The second-order valence-corrected chi connectivity index (χ2v) is 8.32. The molecule has 0 amide bonds. The fourth-order valence-corrected chi connectivity index (χ4v) is 4.21. The number of rotatable bonds is 6. The zero-order chi connectivity index (χ0) is 22.3. The number of aliphatic hydroxyl groups is 1. The molecule has 3 heterocycles. The molecule has 4 rings (SSSR count). The molecule has 0 aliphatic rings. The Kier molecular flexibility index (Phi) is 5.42. The van der Waals surface area contributed by atoms with Crippen molar-refractivity contribution in [3.05, 3.63) is 61.9 Å². The van der Waals surface area contributed by atoms with Gasteiger partial charge in [0.05, 0.1) is 6.54 Å². The number of anilines is 2. The first-order valence-electron chi connectivity index (χ1n) is 9.68. The van der Waals surface area contributed by atoms with Crippen LogP contribution < -0.4 is 21.5 Å². The fourth-order valence-electron chi connectivity index (χ4n) is 3.55. The Labute approximate surface area is 182 Å². The van der Waals surface area contributed by atoms with Gasteiger partial charge in [0.15, 0.2) is 11.2 Å². The zero-order valence-corrected chi connectivity index (χ0v) is 18.6. The van der Waals surface area contributed by atoms with Crippen molar-refractivity contribution in [2.24, 2.45) is 14.1 Å². The molecule has 0 fully saturated rings. The quantitative estimate of drug-likeness (QED) is 0.443. The van der Waals surface area contributed by atoms with Gasteiger partial charge in [-0.1, -0.05) is 12.1 Å². The van der Waals surface area contributed by atoms with Gasteiger partial charge in [0.25, 0.3) is 5.56 Å². The van der Waals surface area contributed by atoms with E-state index in [4.69, 9.17) is 0 Å². The van der Waals surface area contributed by atoms with Crippen LogP contribution in [0, 0.1) is 0 Å². The van der Waals surface area contributed by atoms with Crippen molar-refractivity contribution in [1.82, 2.24) is 18.7 Å². The van der Waals surface area contributed by atoms with Crippen LogP contribution in [-0.2, 0) is 20.6 Å². The van der Waals surface area contributed by atoms with Crippen LogP contribution in [0.1, 0.15) is 0 Å². The SMILES string of the molecule is CN(C)c1nc2c(c(=O)n(C)c(=O)n2C)n1CC(O)Nc1ccc(-c2ccsc2)cc1. The van der Waals surface area contributed by atoms with Crippen LogP contribution >= 0.6 is 11.3 Å². The predicted octanol–water partition coefficient (Wildman–Crippen LogP) is 1.66. The highest BCUT2D eigenvalue weighted by Crippen LogP contribution is 2.24. The number of hydrogen-bond acceptors (Lipinski definition) is 7. The Bertz CT molecular complexity index is 1330. The van der Waals surface area contributed by atoms with Crippen LogP contribution in [0.2, 0.25) is 0 Å². The Morgan fingerprint density at radius 3 is 2.42 bits per heavy atom. The molecule has 0 saturated heterocycles. The molecule has 3 aromatic heterocycles. The second kappa shape index (κ2) is 8.05. The van der Waals surface area contributed by atoms with E-state index in [0.717, 1.165) is 21.4 Å². The molecule has 1 aromatic carbocycles. The lowest BCUT2D eigenvalue weighted by Gasteiger charge is -2.19. The molecule has 31 heavy (non-hydrogen) atoms. The van der Waals surface area contributed by atoms with Crippen molar-refractivity contribution in [2.45, 2.75) is 12.8 Å². The van der Waals surface area contributed by atoms with Crippen molar-refractivity contribution < 1.29 is 5.11 Å². The molecular weight excluding hydrogens is 416 g/mol. The number of aliphatic hydroxyl groups excluding tert-OH is 1. The molecule has 0 radical (unpaired) electrons. The number of benzene rings is 1. The second-order valence-electron chi connectivity index (χ2n) is 7.54. The van der Waals surface area contributed by atoms with E-state index < -0.39 is 17.5 Å². The number of nitrogens with one attached hydrogen (secondary N) is 1. The van der Waals surface area contributed by atoms with Gasteiger partial charge in [-0.05, 0) is 40.1 Å². The van der Waals surface area contributed by atoms with E-state index in [1.165, 1.54) is 11.6 Å². The normalized spacial score (nSPS) is 12.3. The van der Waals surface area contributed by atoms with Crippen molar-refractivity contribution in [3.63, 3.8) is 0 Å². The third-order valence-electron chi connectivity index (χ3n) is 5.16. The minimum absolute atomic E-state index is 0.0732. The van der Waals surface area contributed by atoms with Crippen molar-refractivity contribution in [1.29, 1.82) is 0 Å². The molecule has 0 spiro atoms. The van der Waals surface area contributed by atoms with E-state index >= 15 is 0 Å². The standard InChI is InChI=1S/C21H24N6O3S/c1-24(2)20-23-18-17(19(29)26(4)21(30)25(18)3)27(20)11-16(28)22-15-7-5-13(6-8-15)14-9-10-31-12-14/h5-10,12,16,22,28H,11H2,1-4H3. The molecule has 4 aromatic rings. The number of fused-ring (bicyclic) bond motifs is 1. The summed E-state index contributed by atoms with van der Waals surface area (Å²) >= 11 is 1.64. The maximum Gasteiger partial charge on any atom is 0.332 e. The molecular formula is C21H24N6O3S. The van der Waals surface area contributed by atoms with Gasteiger partial charge in [0, 0.05) is 33.9 Å². The molecule has 9 nitrogen and oxygen atoms in total. The summed E-state index contributed by atoms with van der Waals surface area (Å²) in [5, 5.41) is 17.9. The molecule has 1 atom stereocenters. The summed E-state index contributed by atoms with van der Waals surface area (Å²) in [7, 11) is 6.59. The molecule has 0 saturated carbocycles. The third kappa shape index (κ3) is 3.75. The highest BCUT2D eigenvalue weighted by atomic mass is 32.1. The van der Waals surface area contributed by atoms with Crippen LogP contribution in [0.15, 0.2) is 50.7 Å². The van der Waals surface area contributed by atoms with E-state index in [9.17, 15) is 14.7 Å². The summed E-state index contributed by atoms with van der Waals surface area (Å²) in [5.74, 6) is 0.474. The number of aryl methyl sites for hydroxylation is 1. The van der Waals surface area contributed by atoms with Crippen LogP contribution in [0.5, 0.6) is 0 Å². The van der Waals surface area contributed by atoms with Gasteiger partial charge in [0.1, 0.15) is 6.23 Å². The van der Waals surface area contributed by atoms with Crippen LogP contribution in [-0.4, -0.2) is 44.1 Å². The van der Waals surface area contributed by atoms with Gasteiger partial charge in [-0.3, -0.25) is 18.5 Å². The first-order chi connectivity index (χ1) is 14.8. The third-order valence-corrected chi connectivity index (χ3v) is 5.84. The van der Waals surface area contributed by atoms with E-state index in [2.05, 4.69) is 21.7 Å². The molecule has 0 bridgehead atoms. The molecule has 2 N–H and O–H groups in total. The summed E-state index contributed by atoms with van der Waals surface area (Å²) in [5.41, 5.74) is 2.65. The number of imidazole rings is 1. The van der Waals surface area contributed by atoms with Gasteiger partial charge >= 0.3 is 5.69 Å². The lowest BCUT2D eigenvalue weighted by Crippen LogP contribution is -2.38.